The van der Waals surface area contributed by atoms with Gasteiger partial charge in [0.05, 0.1) is 6.20 Å². The summed E-state index contributed by atoms with van der Waals surface area (Å²) in [6.07, 6.45) is 9.33. The van der Waals surface area contributed by atoms with Crippen LogP contribution in [0.1, 0.15) is 42.6 Å². The first-order valence-corrected chi connectivity index (χ1v) is 9.30. The number of rotatable bonds is 3. The molecule has 2 aromatic rings. The molecule has 1 N–H and O–H groups in total. The Labute approximate surface area is 148 Å². The molecule has 4 rings (SSSR count). The number of carbonyl (C=O) groups is 2. The van der Waals surface area contributed by atoms with Gasteiger partial charge in [-0.25, -0.2) is 9.78 Å². The lowest BCUT2D eigenvalue weighted by molar-refractivity contribution is -0.141. The first-order valence-electron chi connectivity index (χ1n) is 8.42. The molecule has 130 valence electrons. The van der Waals surface area contributed by atoms with Crippen LogP contribution in [0.25, 0.3) is 10.7 Å². The molecule has 0 bridgehead atoms. The molecule has 2 aliphatic rings. The Morgan fingerprint density at radius 1 is 1.24 bits per heavy atom. The van der Waals surface area contributed by atoms with Crippen molar-refractivity contribution in [2.24, 2.45) is 5.92 Å². The predicted octanol–water partition coefficient (Wildman–Crippen LogP) is 2.46. The van der Waals surface area contributed by atoms with E-state index in [9.17, 15) is 14.7 Å². The van der Waals surface area contributed by atoms with E-state index in [1.165, 1.54) is 11.3 Å². The van der Waals surface area contributed by atoms with Crippen molar-refractivity contribution in [3.8, 4) is 10.7 Å². The molecule has 1 aliphatic carbocycles. The van der Waals surface area contributed by atoms with Gasteiger partial charge in [-0.15, -0.1) is 11.3 Å². The number of nitrogens with zero attached hydrogens (tertiary/aromatic N) is 4. The fourth-order valence-corrected chi connectivity index (χ4v) is 4.76. The van der Waals surface area contributed by atoms with Gasteiger partial charge in [0, 0.05) is 23.8 Å². The number of fused-ring (bicyclic) bond motifs is 1. The van der Waals surface area contributed by atoms with E-state index in [-0.39, 0.29) is 17.9 Å². The molecule has 1 aliphatic heterocycles. The number of aliphatic carboxylic acids is 1. The number of hydrogen-bond donors (Lipinski definition) is 1. The fraction of sp³-hybridized carbons (Fsp3) is 0.471. The van der Waals surface area contributed by atoms with Crippen molar-refractivity contribution in [3.05, 3.63) is 29.7 Å². The number of thiazole rings is 1. The molecule has 8 heteroatoms. The number of hydrogen-bond acceptors (Lipinski definition) is 6. The summed E-state index contributed by atoms with van der Waals surface area (Å²) in [6.45, 7) is 0. The van der Waals surface area contributed by atoms with E-state index < -0.39 is 12.0 Å². The van der Waals surface area contributed by atoms with Gasteiger partial charge in [0.1, 0.15) is 22.4 Å². The van der Waals surface area contributed by atoms with Gasteiger partial charge in [0.15, 0.2) is 0 Å². The second-order valence-corrected chi connectivity index (χ2v) is 7.40. The van der Waals surface area contributed by atoms with Gasteiger partial charge in [0.25, 0.3) is 5.91 Å². The average Bonchev–Trinajstić information content (AvgIpc) is 3.27. The first-order chi connectivity index (χ1) is 12.1. The van der Waals surface area contributed by atoms with Crippen molar-refractivity contribution in [1.29, 1.82) is 0 Å². The average molecular weight is 358 g/mol. The Kier molecular flexibility index (Phi) is 4.20. The maximum Gasteiger partial charge on any atom is 0.326 e. The van der Waals surface area contributed by atoms with Crippen LogP contribution in [0.15, 0.2) is 24.0 Å². The van der Waals surface area contributed by atoms with Crippen LogP contribution in [0, 0.1) is 5.92 Å². The third-order valence-corrected chi connectivity index (χ3v) is 5.98. The van der Waals surface area contributed by atoms with Gasteiger partial charge in [-0.1, -0.05) is 12.8 Å². The number of carboxylic acids is 1. The van der Waals surface area contributed by atoms with Gasteiger partial charge < -0.3 is 10.0 Å². The molecule has 3 unspecified atom stereocenters. The van der Waals surface area contributed by atoms with Crippen LogP contribution in [0.4, 0.5) is 0 Å². The molecule has 1 saturated heterocycles. The van der Waals surface area contributed by atoms with Crippen LogP contribution < -0.4 is 0 Å². The minimum absolute atomic E-state index is 0.0176. The normalized spacial score (nSPS) is 25.6. The SMILES string of the molecule is O=C(O)C1CC2CCCCC2N1C(=O)c1csc(-c2cnccn2)n1. The molecule has 0 spiro atoms. The Balaban J connectivity index is 1.63. The largest absolute Gasteiger partial charge is 0.480 e. The predicted molar refractivity (Wildman–Crippen MR) is 91.1 cm³/mol. The van der Waals surface area contributed by atoms with E-state index in [0.717, 1.165) is 25.7 Å². The number of aromatic nitrogens is 3. The molecule has 0 radical (unpaired) electrons. The third-order valence-electron chi connectivity index (χ3n) is 5.11. The summed E-state index contributed by atoms with van der Waals surface area (Å²) in [5.74, 6) is -0.919. The molecule has 7 nitrogen and oxygen atoms in total. The first kappa shape index (κ1) is 16.1. The molecule has 2 aromatic heterocycles. The Morgan fingerprint density at radius 2 is 2.08 bits per heavy atom. The van der Waals surface area contributed by atoms with E-state index in [4.69, 9.17) is 0 Å². The Hall–Kier alpha value is -2.35. The molecule has 1 amide bonds. The molecule has 0 aromatic carbocycles. The van der Waals surface area contributed by atoms with Crippen LogP contribution in [-0.2, 0) is 4.79 Å². The second kappa shape index (κ2) is 6.51. The summed E-state index contributed by atoms with van der Waals surface area (Å²) >= 11 is 1.32. The maximum absolute atomic E-state index is 13.0. The van der Waals surface area contributed by atoms with Gasteiger partial charge in [0.2, 0.25) is 0 Å². The number of amides is 1. The highest BCUT2D eigenvalue weighted by Gasteiger charge is 2.48. The lowest BCUT2D eigenvalue weighted by Gasteiger charge is -2.32. The topological polar surface area (TPSA) is 96.3 Å². The van der Waals surface area contributed by atoms with Crippen molar-refractivity contribution < 1.29 is 14.7 Å². The van der Waals surface area contributed by atoms with Crippen molar-refractivity contribution in [1.82, 2.24) is 19.9 Å². The highest BCUT2D eigenvalue weighted by Crippen LogP contribution is 2.40. The zero-order valence-electron chi connectivity index (χ0n) is 13.5. The van der Waals surface area contributed by atoms with Crippen molar-refractivity contribution in [3.63, 3.8) is 0 Å². The maximum atomic E-state index is 13.0. The smallest absolute Gasteiger partial charge is 0.326 e. The molecular formula is C17H18N4O3S. The number of carboxylic acid groups (broad SMARTS) is 1. The van der Waals surface area contributed by atoms with E-state index in [2.05, 4.69) is 15.0 Å². The molecular weight excluding hydrogens is 340 g/mol. The van der Waals surface area contributed by atoms with Crippen molar-refractivity contribution in [2.75, 3.05) is 0 Å². The van der Waals surface area contributed by atoms with Crippen molar-refractivity contribution in [2.45, 2.75) is 44.2 Å². The van der Waals surface area contributed by atoms with Crippen LogP contribution >= 0.6 is 11.3 Å². The van der Waals surface area contributed by atoms with E-state index in [1.807, 2.05) is 0 Å². The summed E-state index contributed by atoms with van der Waals surface area (Å²) in [7, 11) is 0. The summed E-state index contributed by atoms with van der Waals surface area (Å²) in [5.41, 5.74) is 0.904. The molecule has 1 saturated carbocycles. The van der Waals surface area contributed by atoms with Crippen LogP contribution in [-0.4, -0.2) is 48.9 Å². The molecule has 3 atom stereocenters. The highest BCUT2D eigenvalue weighted by molar-refractivity contribution is 7.13. The summed E-state index contributed by atoms with van der Waals surface area (Å²) in [4.78, 5) is 38.9. The quantitative estimate of drug-likeness (QED) is 0.905. The zero-order valence-corrected chi connectivity index (χ0v) is 14.4. The monoisotopic (exact) mass is 358 g/mol. The standard InChI is InChI=1S/C17H18N4O3S/c22-16(12-9-25-15(20-12)11-8-18-5-6-19-11)21-13-4-2-1-3-10(13)7-14(21)17(23)24/h5-6,8-10,13-14H,1-4,7H2,(H,23,24). The van der Waals surface area contributed by atoms with Crippen LogP contribution in [0.5, 0.6) is 0 Å². The molecule has 25 heavy (non-hydrogen) atoms. The minimum atomic E-state index is -0.924. The second-order valence-electron chi connectivity index (χ2n) is 6.54. The Bertz CT molecular complexity index is 794. The van der Waals surface area contributed by atoms with Gasteiger partial charge in [-0.3, -0.25) is 14.8 Å². The van der Waals surface area contributed by atoms with E-state index >= 15 is 0 Å². The summed E-state index contributed by atoms with van der Waals surface area (Å²) < 4.78 is 0. The lowest BCUT2D eigenvalue weighted by atomic mass is 9.84. The number of likely N-dealkylation sites (tertiary alicyclic amines) is 1. The third kappa shape index (κ3) is 2.90. The molecule has 3 heterocycles. The van der Waals surface area contributed by atoms with E-state index in [1.54, 1.807) is 28.9 Å². The van der Waals surface area contributed by atoms with Crippen LogP contribution in [0.3, 0.4) is 0 Å². The molecule has 2 fully saturated rings. The van der Waals surface area contributed by atoms with Gasteiger partial charge >= 0.3 is 5.97 Å². The fourth-order valence-electron chi connectivity index (χ4n) is 4.00. The van der Waals surface area contributed by atoms with Crippen molar-refractivity contribution >= 4 is 23.2 Å². The zero-order chi connectivity index (χ0) is 17.4. The lowest BCUT2D eigenvalue weighted by Crippen LogP contribution is -2.46. The van der Waals surface area contributed by atoms with Gasteiger partial charge in [-0.05, 0) is 25.2 Å². The Morgan fingerprint density at radius 3 is 2.84 bits per heavy atom. The number of carbonyl (C=O) groups excluding carboxylic acids is 1. The highest BCUT2D eigenvalue weighted by atomic mass is 32.1. The summed E-state index contributed by atoms with van der Waals surface area (Å²) in [5, 5.41) is 11.9. The summed E-state index contributed by atoms with van der Waals surface area (Å²) in [6, 6.07) is -0.730. The van der Waals surface area contributed by atoms with Gasteiger partial charge in [-0.2, -0.15) is 0 Å². The van der Waals surface area contributed by atoms with Crippen LogP contribution in [0.2, 0.25) is 0 Å². The van der Waals surface area contributed by atoms with E-state index in [0.29, 0.717) is 22.8 Å². The minimum Gasteiger partial charge on any atom is -0.480 e.